The Morgan fingerprint density at radius 2 is 1.88 bits per heavy atom. The molecule has 5 N–H and O–H groups in total. The summed E-state index contributed by atoms with van der Waals surface area (Å²) >= 11 is 0. The molecule has 8 heteroatoms. The van der Waals surface area contributed by atoms with Crippen LogP contribution in [0.15, 0.2) is 36.7 Å². The van der Waals surface area contributed by atoms with Crippen molar-refractivity contribution in [3.05, 3.63) is 48.0 Å². The molecule has 8 nitrogen and oxygen atoms in total. The number of nitrogens with one attached hydrogen (secondary N) is 1. The molecule has 1 aromatic carbocycles. The lowest BCUT2D eigenvalue weighted by molar-refractivity contribution is -0.132. The molecular formula is C24H41N5O3. The van der Waals surface area contributed by atoms with Gasteiger partial charge in [-0.3, -0.25) is 9.59 Å². The Balaban J connectivity index is 0.000000552. The van der Waals surface area contributed by atoms with Gasteiger partial charge >= 0.3 is 0 Å². The largest absolute Gasteiger partial charge is 0.391 e. The number of hydrogen-bond donors (Lipinski definition) is 3. The van der Waals surface area contributed by atoms with Gasteiger partial charge in [0.1, 0.15) is 5.82 Å². The standard InChI is InChI=1S/C12H13N3O.C10H19NO2.C2H6.H3N/c1-10-14-6-7-15(10)12-4-2-11(3-5-12)8-13-9-16;1-10(2,3)6-9(13)11-5-4-8(12)7-11;1-2;/h2-7,9H,8H2,1H3,(H,13,16);8,12H,4-7H2,1-3H3;1-2H3;1H3. The number of carbonyl (C=O) groups is 2. The molecule has 1 aliphatic heterocycles. The number of benzene rings is 1. The highest BCUT2D eigenvalue weighted by atomic mass is 16.3. The Kier molecular flexibility index (Phi) is 13.2. The molecule has 1 atom stereocenters. The average molecular weight is 448 g/mol. The molecule has 2 heterocycles. The van der Waals surface area contributed by atoms with E-state index >= 15 is 0 Å². The van der Waals surface area contributed by atoms with Gasteiger partial charge < -0.3 is 26.0 Å². The van der Waals surface area contributed by atoms with Gasteiger partial charge in [-0.1, -0.05) is 46.8 Å². The van der Waals surface area contributed by atoms with Crippen LogP contribution in [0.1, 0.15) is 58.8 Å². The minimum Gasteiger partial charge on any atom is -0.391 e. The summed E-state index contributed by atoms with van der Waals surface area (Å²) in [5, 5.41) is 11.9. The molecule has 180 valence electrons. The lowest BCUT2D eigenvalue weighted by Gasteiger charge is -2.22. The molecule has 2 amide bonds. The van der Waals surface area contributed by atoms with E-state index in [1.54, 1.807) is 11.1 Å². The van der Waals surface area contributed by atoms with E-state index in [1.165, 1.54) is 0 Å². The van der Waals surface area contributed by atoms with Crippen LogP contribution in [0.2, 0.25) is 0 Å². The van der Waals surface area contributed by atoms with Crippen molar-refractivity contribution in [2.75, 3.05) is 13.1 Å². The highest BCUT2D eigenvalue weighted by molar-refractivity contribution is 5.77. The van der Waals surface area contributed by atoms with E-state index in [2.05, 4.69) is 31.1 Å². The second-order valence-electron chi connectivity index (χ2n) is 8.53. The van der Waals surface area contributed by atoms with Crippen molar-refractivity contribution < 1.29 is 14.7 Å². The third-order valence-corrected chi connectivity index (χ3v) is 4.63. The van der Waals surface area contributed by atoms with Crippen molar-refractivity contribution in [3.63, 3.8) is 0 Å². The zero-order chi connectivity index (χ0) is 23.4. The number of aliphatic hydroxyl groups is 1. The molecule has 1 aromatic heterocycles. The number of amides is 2. The molecule has 3 rings (SSSR count). The van der Waals surface area contributed by atoms with E-state index in [1.807, 2.05) is 55.8 Å². The van der Waals surface area contributed by atoms with Gasteiger partial charge in [-0.2, -0.15) is 0 Å². The summed E-state index contributed by atoms with van der Waals surface area (Å²) < 4.78 is 2.01. The third kappa shape index (κ3) is 10.1. The fraction of sp³-hybridized carbons (Fsp3) is 0.542. The minimum atomic E-state index is -0.302. The molecule has 0 bridgehead atoms. The molecule has 2 aromatic rings. The van der Waals surface area contributed by atoms with Gasteiger partial charge in [0.05, 0.1) is 6.10 Å². The van der Waals surface area contributed by atoms with Gasteiger partial charge in [0, 0.05) is 44.1 Å². The van der Waals surface area contributed by atoms with Gasteiger partial charge in [0.15, 0.2) is 0 Å². The average Bonchev–Trinajstić information content (AvgIpc) is 3.36. The number of aryl methyl sites for hydroxylation is 1. The number of aliphatic hydroxyl groups excluding tert-OH is 1. The van der Waals surface area contributed by atoms with Crippen LogP contribution >= 0.6 is 0 Å². The molecule has 1 fully saturated rings. The van der Waals surface area contributed by atoms with Crippen molar-refractivity contribution in [2.45, 2.75) is 67.0 Å². The first-order chi connectivity index (χ1) is 14.7. The van der Waals surface area contributed by atoms with E-state index < -0.39 is 0 Å². The second-order valence-corrected chi connectivity index (χ2v) is 8.53. The zero-order valence-corrected chi connectivity index (χ0v) is 20.5. The lowest BCUT2D eigenvalue weighted by atomic mass is 9.92. The first-order valence-electron chi connectivity index (χ1n) is 10.9. The maximum atomic E-state index is 11.6. The topological polar surface area (TPSA) is 122 Å². The van der Waals surface area contributed by atoms with Crippen LogP contribution in [0.5, 0.6) is 0 Å². The molecule has 32 heavy (non-hydrogen) atoms. The Hall–Kier alpha value is -2.71. The smallest absolute Gasteiger partial charge is 0.223 e. The second kappa shape index (κ2) is 14.4. The quantitative estimate of drug-likeness (QED) is 0.604. The van der Waals surface area contributed by atoms with Gasteiger partial charge in [0.25, 0.3) is 0 Å². The Bertz CT molecular complexity index is 797. The number of β-amino-alcohol motifs (C(OH)–C–C–N with tert-alkyl or cyclic N) is 1. The summed E-state index contributed by atoms with van der Waals surface area (Å²) in [6.07, 6.45) is 5.40. The number of likely N-dealkylation sites (tertiary alicyclic amines) is 1. The van der Waals surface area contributed by atoms with E-state index in [9.17, 15) is 14.7 Å². The predicted molar refractivity (Wildman–Crippen MR) is 129 cm³/mol. The molecule has 0 radical (unpaired) electrons. The Labute approximate surface area is 192 Å². The fourth-order valence-corrected chi connectivity index (χ4v) is 3.12. The Morgan fingerprint density at radius 3 is 2.31 bits per heavy atom. The van der Waals surface area contributed by atoms with Crippen molar-refractivity contribution in [1.82, 2.24) is 25.9 Å². The van der Waals surface area contributed by atoms with Crippen molar-refractivity contribution >= 4 is 12.3 Å². The maximum Gasteiger partial charge on any atom is 0.223 e. The first kappa shape index (κ1) is 29.3. The number of carbonyl (C=O) groups excluding carboxylic acids is 2. The number of aromatic nitrogens is 2. The highest BCUT2D eigenvalue weighted by Crippen LogP contribution is 2.21. The zero-order valence-electron chi connectivity index (χ0n) is 20.5. The van der Waals surface area contributed by atoms with Gasteiger partial charge in [-0.05, 0) is 36.5 Å². The monoisotopic (exact) mass is 447 g/mol. The first-order valence-corrected chi connectivity index (χ1v) is 10.9. The minimum absolute atomic E-state index is 0. The van der Waals surface area contributed by atoms with E-state index in [0.717, 1.165) is 30.0 Å². The van der Waals surface area contributed by atoms with Crippen LogP contribution in [0, 0.1) is 12.3 Å². The van der Waals surface area contributed by atoms with Gasteiger partial charge in [-0.25, -0.2) is 4.98 Å². The summed E-state index contributed by atoms with van der Waals surface area (Å²) in [5.74, 6) is 1.13. The van der Waals surface area contributed by atoms with Crippen molar-refractivity contribution in [1.29, 1.82) is 0 Å². The van der Waals surface area contributed by atoms with Crippen LogP contribution in [0.25, 0.3) is 5.69 Å². The fourth-order valence-electron chi connectivity index (χ4n) is 3.12. The van der Waals surface area contributed by atoms with E-state index in [0.29, 0.717) is 25.9 Å². The molecule has 1 aliphatic rings. The maximum absolute atomic E-state index is 11.6. The summed E-state index contributed by atoms with van der Waals surface area (Å²) in [4.78, 5) is 27.7. The third-order valence-electron chi connectivity index (χ3n) is 4.63. The van der Waals surface area contributed by atoms with Crippen molar-refractivity contribution in [2.24, 2.45) is 5.41 Å². The number of rotatable bonds is 5. The normalized spacial score (nSPS) is 14.8. The molecule has 1 saturated heterocycles. The van der Waals surface area contributed by atoms with Crippen molar-refractivity contribution in [3.8, 4) is 5.69 Å². The van der Waals surface area contributed by atoms with Gasteiger partial charge in [0.2, 0.25) is 12.3 Å². The highest BCUT2D eigenvalue weighted by Gasteiger charge is 2.27. The summed E-state index contributed by atoms with van der Waals surface area (Å²) in [7, 11) is 0. The lowest BCUT2D eigenvalue weighted by Crippen LogP contribution is -2.32. The number of nitrogens with zero attached hydrogens (tertiary/aromatic N) is 3. The van der Waals surface area contributed by atoms with E-state index in [-0.39, 0.29) is 23.6 Å². The number of imidazole rings is 1. The number of hydrogen-bond acceptors (Lipinski definition) is 5. The van der Waals surface area contributed by atoms with Crippen LogP contribution in [0.3, 0.4) is 0 Å². The summed E-state index contributed by atoms with van der Waals surface area (Å²) in [6, 6.07) is 8.00. The van der Waals surface area contributed by atoms with Crippen LogP contribution < -0.4 is 11.5 Å². The summed E-state index contributed by atoms with van der Waals surface area (Å²) in [5.41, 5.74) is 2.20. The van der Waals surface area contributed by atoms with Crippen LogP contribution in [0.4, 0.5) is 0 Å². The molecular weight excluding hydrogens is 406 g/mol. The van der Waals surface area contributed by atoms with Crippen LogP contribution in [-0.4, -0.2) is 51.1 Å². The van der Waals surface area contributed by atoms with E-state index in [4.69, 9.17) is 0 Å². The SMILES string of the molecule is CC.CC(C)(C)CC(=O)N1CCC(O)C1.Cc1nccn1-c1ccc(CNC=O)cc1.N. The molecule has 0 spiro atoms. The molecule has 0 aliphatic carbocycles. The predicted octanol–water partition coefficient (Wildman–Crippen LogP) is 3.63. The van der Waals surface area contributed by atoms with Crippen LogP contribution in [-0.2, 0) is 16.1 Å². The Morgan fingerprint density at radius 1 is 1.25 bits per heavy atom. The summed E-state index contributed by atoms with van der Waals surface area (Å²) in [6.45, 7) is 13.9. The molecule has 0 saturated carbocycles. The molecule has 1 unspecified atom stereocenters. The van der Waals surface area contributed by atoms with Gasteiger partial charge in [-0.15, -0.1) is 0 Å².